The molecule has 2 heterocycles. The highest BCUT2D eigenvalue weighted by Gasteiger charge is 2.22. The van der Waals surface area contributed by atoms with Crippen LogP contribution >= 0.6 is 22.7 Å². The molecule has 1 aliphatic carbocycles. The highest BCUT2D eigenvalue weighted by atomic mass is 32.2. The van der Waals surface area contributed by atoms with Crippen LogP contribution in [0.2, 0.25) is 0 Å². The summed E-state index contributed by atoms with van der Waals surface area (Å²) in [5, 5.41) is 9.13. The molecule has 0 unspecified atom stereocenters. The van der Waals surface area contributed by atoms with E-state index < -0.39 is 10.0 Å². The molecule has 0 bridgehead atoms. The van der Waals surface area contributed by atoms with Crippen molar-refractivity contribution in [1.82, 2.24) is 4.98 Å². The van der Waals surface area contributed by atoms with E-state index in [-0.39, 0.29) is 4.21 Å². The highest BCUT2D eigenvalue weighted by Crippen LogP contribution is 2.32. The summed E-state index contributed by atoms with van der Waals surface area (Å²) < 4.78 is 26.8. The van der Waals surface area contributed by atoms with E-state index in [4.69, 9.17) is 5.26 Å². The summed E-state index contributed by atoms with van der Waals surface area (Å²) in [6.45, 7) is 0. The normalized spacial score (nSPS) is 14.1. The monoisotopic (exact) mass is 311 g/mol. The zero-order valence-corrected chi connectivity index (χ0v) is 12.2. The third-order valence-electron chi connectivity index (χ3n) is 2.77. The lowest BCUT2D eigenvalue weighted by Crippen LogP contribution is -2.11. The van der Waals surface area contributed by atoms with Crippen molar-refractivity contribution in [2.24, 2.45) is 0 Å². The largest absolute Gasteiger partial charge is 0.273 e. The first-order valence-corrected chi connectivity index (χ1v) is 8.71. The average Bonchev–Trinajstić information content (AvgIpc) is 3.01. The minimum atomic E-state index is -3.62. The molecule has 0 aromatic carbocycles. The second kappa shape index (κ2) is 4.59. The van der Waals surface area contributed by atoms with Crippen molar-refractivity contribution < 1.29 is 8.42 Å². The summed E-state index contributed by atoms with van der Waals surface area (Å²) >= 11 is 2.35. The lowest BCUT2D eigenvalue weighted by Gasteiger charge is -2.01. The van der Waals surface area contributed by atoms with Crippen molar-refractivity contribution in [1.29, 1.82) is 5.26 Å². The van der Waals surface area contributed by atoms with Gasteiger partial charge < -0.3 is 0 Å². The van der Waals surface area contributed by atoms with Crippen LogP contribution in [0.5, 0.6) is 0 Å². The van der Waals surface area contributed by atoms with Crippen molar-refractivity contribution >= 4 is 37.8 Å². The molecule has 19 heavy (non-hydrogen) atoms. The first kappa shape index (κ1) is 12.6. The standard InChI is InChI=1S/C11H9N3O2S3/c12-6-7-4-5-10(17-7)19(15,16)14-11-13-8-2-1-3-9(8)18-11/h4-5H,1-3H2,(H,13,14). The first-order valence-electron chi connectivity index (χ1n) is 5.60. The minimum absolute atomic E-state index is 0.138. The maximum absolute atomic E-state index is 12.1. The number of aryl methyl sites for hydroxylation is 2. The van der Waals surface area contributed by atoms with Gasteiger partial charge in [0.25, 0.3) is 10.0 Å². The van der Waals surface area contributed by atoms with Crippen LogP contribution in [0.4, 0.5) is 5.13 Å². The maximum atomic E-state index is 12.1. The predicted octanol–water partition coefficient (Wildman–Crippen LogP) is 2.37. The van der Waals surface area contributed by atoms with Crippen LogP contribution < -0.4 is 4.72 Å². The van der Waals surface area contributed by atoms with E-state index in [0.29, 0.717) is 10.0 Å². The molecule has 0 spiro atoms. The van der Waals surface area contributed by atoms with Gasteiger partial charge in [-0.15, -0.1) is 22.7 Å². The van der Waals surface area contributed by atoms with Gasteiger partial charge in [-0.3, -0.25) is 4.72 Å². The Balaban J connectivity index is 1.87. The third-order valence-corrected chi connectivity index (χ3v) is 6.80. The fraction of sp³-hybridized carbons (Fsp3) is 0.273. The molecule has 0 atom stereocenters. The molecule has 0 radical (unpaired) electrons. The fourth-order valence-electron chi connectivity index (χ4n) is 1.92. The summed E-state index contributed by atoms with van der Waals surface area (Å²) in [5.74, 6) is 0. The van der Waals surface area contributed by atoms with Crippen LogP contribution in [0.15, 0.2) is 16.3 Å². The Labute approximate surface area is 118 Å². The van der Waals surface area contributed by atoms with E-state index in [1.165, 1.54) is 28.3 Å². The molecule has 98 valence electrons. The molecule has 1 aliphatic rings. The number of thiazole rings is 1. The molecule has 0 amide bonds. The van der Waals surface area contributed by atoms with Gasteiger partial charge >= 0.3 is 0 Å². The fourth-order valence-corrected chi connectivity index (χ4v) is 5.31. The molecule has 0 saturated carbocycles. The maximum Gasteiger partial charge on any atom is 0.273 e. The molecule has 0 fully saturated rings. The van der Waals surface area contributed by atoms with E-state index >= 15 is 0 Å². The van der Waals surface area contributed by atoms with Crippen LogP contribution in [-0.2, 0) is 22.9 Å². The van der Waals surface area contributed by atoms with E-state index in [2.05, 4.69) is 9.71 Å². The minimum Gasteiger partial charge on any atom is -0.254 e. The number of nitrogens with one attached hydrogen (secondary N) is 1. The van der Waals surface area contributed by atoms with Crippen LogP contribution in [0.1, 0.15) is 21.9 Å². The Morgan fingerprint density at radius 1 is 1.32 bits per heavy atom. The molecule has 0 saturated heterocycles. The zero-order valence-electron chi connectivity index (χ0n) is 9.71. The number of thiophene rings is 1. The second-order valence-corrected chi connectivity index (χ2v) is 8.16. The first-order chi connectivity index (χ1) is 9.08. The predicted molar refractivity (Wildman–Crippen MR) is 74.0 cm³/mol. The van der Waals surface area contributed by atoms with Crippen molar-refractivity contribution in [2.75, 3.05) is 4.72 Å². The number of sulfonamides is 1. The van der Waals surface area contributed by atoms with Gasteiger partial charge in [0.15, 0.2) is 5.13 Å². The summed E-state index contributed by atoms with van der Waals surface area (Å²) in [4.78, 5) is 5.84. The Morgan fingerprint density at radius 2 is 2.16 bits per heavy atom. The van der Waals surface area contributed by atoms with Crippen LogP contribution in [0, 0.1) is 11.3 Å². The van der Waals surface area contributed by atoms with Crippen molar-refractivity contribution in [3.8, 4) is 6.07 Å². The Bertz CT molecular complexity index is 746. The number of hydrogen-bond donors (Lipinski definition) is 1. The highest BCUT2D eigenvalue weighted by molar-refractivity contribution is 7.94. The van der Waals surface area contributed by atoms with Crippen LogP contribution in [-0.4, -0.2) is 13.4 Å². The van der Waals surface area contributed by atoms with Gasteiger partial charge in [0, 0.05) is 4.88 Å². The summed E-state index contributed by atoms with van der Waals surface area (Å²) in [6, 6.07) is 4.87. The van der Waals surface area contributed by atoms with Crippen molar-refractivity contribution in [2.45, 2.75) is 23.5 Å². The van der Waals surface area contributed by atoms with E-state index in [1.54, 1.807) is 0 Å². The van der Waals surface area contributed by atoms with Gasteiger partial charge in [-0.05, 0) is 31.4 Å². The van der Waals surface area contributed by atoms with Gasteiger partial charge in [-0.2, -0.15) is 5.26 Å². The Morgan fingerprint density at radius 3 is 2.84 bits per heavy atom. The van der Waals surface area contributed by atoms with E-state index in [0.717, 1.165) is 36.3 Å². The van der Waals surface area contributed by atoms with Crippen LogP contribution in [0.3, 0.4) is 0 Å². The molecular weight excluding hydrogens is 302 g/mol. The SMILES string of the molecule is N#Cc1ccc(S(=O)(=O)Nc2nc3c(s2)CCC3)s1. The molecule has 5 nitrogen and oxygen atoms in total. The topological polar surface area (TPSA) is 82.8 Å². The van der Waals surface area contributed by atoms with E-state index in [9.17, 15) is 8.42 Å². The molecule has 8 heteroatoms. The van der Waals surface area contributed by atoms with Gasteiger partial charge in [0.1, 0.15) is 15.2 Å². The molecule has 3 rings (SSSR count). The van der Waals surface area contributed by atoms with Gasteiger partial charge in [-0.25, -0.2) is 13.4 Å². The number of fused-ring (bicyclic) bond motifs is 1. The molecule has 0 aliphatic heterocycles. The molecule has 2 aromatic rings. The van der Waals surface area contributed by atoms with Crippen molar-refractivity contribution in [3.63, 3.8) is 0 Å². The summed E-state index contributed by atoms with van der Waals surface area (Å²) in [6.07, 6.45) is 3.00. The smallest absolute Gasteiger partial charge is 0.254 e. The summed E-state index contributed by atoms with van der Waals surface area (Å²) in [7, 11) is -3.62. The quantitative estimate of drug-likeness (QED) is 0.943. The number of anilines is 1. The summed E-state index contributed by atoms with van der Waals surface area (Å²) in [5.41, 5.74) is 1.01. The molecule has 2 aromatic heterocycles. The van der Waals surface area contributed by atoms with Gasteiger partial charge in [0.2, 0.25) is 0 Å². The van der Waals surface area contributed by atoms with Crippen LogP contribution in [0.25, 0.3) is 0 Å². The Hall–Kier alpha value is -1.43. The molecule has 1 N–H and O–H groups in total. The third kappa shape index (κ3) is 2.36. The van der Waals surface area contributed by atoms with E-state index in [1.807, 2.05) is 6.07 Å². The number of nitriles is 1. The zero-order chi connectivity index (χ0) is 13.5. The number of aromatic nitrogens is 1. The lowest BCUT2D eigenvalue weighted by atomic mass is 10.4. The number of hydrogen-bond acceptors (Lipinski definition) is 6. The van der Waals surface area contributed by atoms with Gasteiger partial charge in [0.05, 0.1) is 5.69 Å². The van der Waals surface area contributed by atoms with Crippen molar-refractivity contribution in [3.05, 3.63) is 27.6 Å². The average molecular weight is 311 g/mol. The lowest BCUT2D eigenvalue weighted by molar-refractivity contribution is 0.603. The molecular formula is C11H9N3O2S3. The number of rotatable bonds is 3. The number of nitrogens with zero attached hydrogens (tertiary/aromatic N) is 2. The second-order valence-electron chi connectivity index (χ2n) is 4.08. The van der Waals surface area contributed by atoms with Gasteiger partial charge in [-0.1, -0.05) is 0 Å². The Kier molecular flexibility index (Phi) is 3.05.